The van der Waals surface area contributed by atoms with E-state index in [2.05, 4.69) is 117 Å². The van der Waals surface area contributed by atoms with Gasteiger partial charge in [0, 0.05) is 25.5 Å². The molecule has 5 nitrogen and oxygen atoms in total. The molecular weight excluding hydrogens is 584 g/mol. The van der Waals surface area contributed by atoms with E-state index in [1.807, 2.05) is 12.1 Å². The molecule has 2 rings (SSSR count). The van der Waals surface area contributed by atoms with Gasteiger partial charge < -0.3 is 15.1 Å². The van der Waals surface area contributed by atoms with E-state index in [4.69, 9.17) is 0 Å². The van der Waals surface area contributed by atoms with Gasteiger partial charge in [-0.3, -0.25) is 9.98 Å². The van der Waals surface area contributed by atoms with E-state index in [1.54, 1.807) is 12.4 Å². The van der Waals surface area contributed by atoms with Crippen molar-refractivity contribution in [2.75, 3.05) is 33.2 Å². The third-order valence-electron chi connectivity index (χ3n) is 7.70. The summed E-state index contributed by atoms with van der Waals surface area (Å²) >= 11 is 0. The fourth-order valence-corrected chi connectivity index (χ4v) is 4.78. The maximum absolute atomic E-state index is 13.1. The van der Waals surface area contributed by atoms with Crippen molar-refractivity contribution in [3.63, 3.8) is 0 Å². The van der Waals surface area contributed by atoms with Crippen LogP contribution in [0.5, 0.6) is 11.5 Å². The molecule has 234 valence electrons. The van der Waals surface area contributed by atoms with Gasteiger partial charge in [-0.25, -0.2) is 0 Å². The second-order valence-corrected chi connectivity index (χ2v) is 16.0. The molecule has 0 fully saturated rings. The molecule has 0 amide bonds. The van der Waals surface area contributed by atoms with Crippen molar-refractivity contribution in [3.8, 4) is 11.5 Å². The molecule has 0 atom stereocenters. The topological polar surface area (TPSA) is 74.1 Å². The molecule has 0 N–H and O–H groups in total. The average Bonchev–Trinajstić information content (AvgIpc) is 2.82. The van der Waals surface area contributed by atoms with Gasteiger partial charge in [-0.15, -0.1) is 0 Å². The molecule has 0 aliphatic rings. The van der Waals surface area contributed by atoms with E-state index in [1.165, 1.54) is 11.1 Å². The van der Waals surface area contributed by atoms with Crippen LogP contribution in [0.4, 0.5) is 0 Å². The minimum Gasteiger partial charge on any atom is -0.872 e. The van der Waals surface area contributed by atoms with Crippen LogP contribution in [-0.4, -0.2) is 50.6 Å². The van der Waals surface area contributed by atoms with Gasteiger partial charge >= 0.3 is 19.5 Å². The van der Waals surface area contributed by atoms with Gasteiger partial charge in [0.25, 0.3) is 0 Å². The largest absolute Gasteiger partial charge is 2.00 e. The molecule has 0 aliphatic heterocycles. The van der Waals surface area contributed by atoms with Crippen LogP contribution in [0.2, 0.25) is 0 Å². The molecular formula is C37H57N3O2Zn. The van der Waals surface area contributed by atoms with Crippen molar-refractivity contribution < 1.29 is 29.7 Å². The van der Waals surface area contributed by atoms with E-state index < -0.39 is 0 Å². The van der Waals surface area contributed by atoms with Gasteiger partial charge in [0.2, 0.25) is 0 Å². The summed E-state index contributed by atoms with van der Waals surface area (Å²) < 4.78 is 0. The molecule has 0 saturated heterocycles. The minimum atomic E-state index is -0.212. The van der Waals surface area contributed by atoms with E-state index in [0.29, 0.717) is 24.2 Å². The predicted molar refractivity (Wildman–Crippen MR) is 178 cm³/mol. The van der Waals surface area contributed by atoms with Gasteiger partial charge in [0.15, 0.2) is 0 Å². The first-order valence-corrected chi connectivity index (χ1v) is 15.5. The molecule has 0 heterocycles. The Morgan fingerprint density at radius 3 is 1.19 bits per heavy atom. The van der Waals surface area contributed by atoms with Gasteiger partial charge in [-0.1, -0.05) is 119 Å². The van der Waals surface area contributed by atoms with Crippen LogP contribution < -0.4 is 10.2 Å². The summed E-state index contributed by atoms with van der Waals surface area (Å²) in [5.74, 6) is 0.168. The quantitative estimate of drug-likeness (QED) is 0.156. The number of benzene rings is 2. The summed E-state index contributed by atoms with van der Waals surface area (Å²) in [6, 6.07) is 8.16. The second-order valence-electron chi connectivity index (χ2n) is 16.0. The maximum Gasteiger partial charge on any atom is 2.00 e. The zero-order valence-corrected chi connectivity index (χ0v) is 32.5. The number of hydrogen-bond donors (Lipinski definition) is 0. The standard InChI is InChI=1S/C37H59N3O2.Zn/c1-34(2,3)28-20-26(32(41)30(22-28)36(7,8)9)24-38-16-14-18-40(13)19-15-17-39-25-27-21-29(35(4,5)6)23-31(33(27)42)37(10,11)12;/h20-25,41-42H,14-19H2,1-13H3;/q;+2/p-2. The molecule has 6 heteroatoms. The maximum atomic E-state index is 13.1. The first-order chi connectivity index (χ1) is 19.1. The minimum absolute atomic E-state index is 0. The molecule has 0 aromatic heterocycles. The van der Waals surface area contributed by atoms with Crippen molar-refractivity contribution in [3.05, 3.63) is 57.6 Å². The van der Waals surface area contributed by atoms with Crippen LogP contribution in [-0.2, 0) is 41.1 Å². The number of hydrogen-bond acceptors (Lipinski definition) is 5. The molecule has 2 aromatic rings. The molecule has 0 spiro atoms. The van der Waals surface area contributed by atoms with Gasteiger partial charge in [0.1, 0.15) is 0 Å². The Kier molecular flexibility index (Phi) is 13.9. The second kappa shape index (κ2) is 15.3. The first kappa shape index (κ1) is 39.0. The molecule has 0 radical (unpaired) electrons. The predicted octanol–water partition coefficient (Wildman–Crippen LogP) is 7.27. The van der Waals surface area contributed by atoms with Crippen LogP contribution >= 0.6 is 0 Å². The average molecular weight is 641 g/mol. The third kappa shape index (κ3) is 11.8. The summed E-state index contributed by atoms with van der Waals surface area (Å²) in [4.78, 5) is 11.5. The monoisotopic (exact) mass is 639 g/mol. The Hall–Kier alpha value is -2.04. The van der Waals surface area contributed by atoms with Gasteiger partial charge in [0.05, 0.1) is 0 Å². The van der Waals surface area contributed by atoms with Crippen LogP contribution in [0.25, 0.3) is 0 Å². The van der Waals surface area contributed by atoms with E-state index in [9.17, 15) is 10.2 Å². The van der Waals surface area contributed by atoms with Crippen molar-refractivity contribution in [1.82, 2.24) is 4.90 Å². The molecule has 0 bridgehead atoms. The van der Waals surface area contributed by atoms with Crippen LogP contribution in [0.3, 0.4) is 0 Å². The van der Waals surface area contributed by atoms with E-state index in [-0.39, 0.29) is 52.6 Å². The van der Waals surface area contributed by atoms with Crippen LogP contribution in [0, 0.1) is 0 Å². The summed E-state index contributed by atoms with van der Waals surface area (Å²) in [5, 5.41) is 26.3. The molecule has 0 saturated carbocycles. The first-order valence-electron chi connectivity index (χ1n) is 15.5. The smallest absolute Gasteiger partial charge is 0.872 e. The van der Waals surface area contributed by atoms with Crippen LogP contribution in [0.1, 0.15) is 129 Å². The number of nitrogens with zero attached hydrogens (tertiary/aromatic N) is 3. The molecule has 2 aromatic carbocycles. The normalized spacial score (nSPS) is 13.3. The van der Waals surface area contributed by atoms with Gasteiger partial charge in [-0.05, 0) is 88.0 Å². The van der Waals surface area contributed by atoms with Crippen molar-refractivity contribution in [1.29, 1.82) is 0 Å². The third-order valence-corrected chi connectivity index (χ3v) is 7.70. The van der Waals surface area contributed by atoms with Crippen molar-refractivity contribution in [2.45, 2.75) is 118 Å². The summed E-state index contributed by atoms with van der Waals surface area (Å²) in [6.07, 6.45) is 5.38. The number of rotatable bonds is 10. The van der Waals surface area contributed by atoms with Crippen molar-refractivity contribution in [2.24, 2.45) is 9.98 Å². The Labute approximate surface area is 276 Å². The Morgan fingerprint density at radius 1 is 0.581 bits per heavy atom. The van der Waals surface area contributed by atoms with Gasteiger partial charge in [-0.2, -0.15) is 0 Å². The van der Waals surface area contributed by atoms with Crippen LogP contribution in [0.15, 0.2) is 34.3 Å². The Bertz CT molecular complexity index is 1160. The summed E-state index contributed by atoms with van der Waals surface area (Å²) in [7, 11) is 2.11. The fraction of sp³-hybridized carbons (Fsp3) is 0.622. The van der Waals surface area contributed by atoms with E-state index in [0.717, 1.165) is 37.1 Å². The number of aliphatic imine (C=N–C) groups is 2. The SMILES string of the molecule is CN(CCCN=Cc1cc(C(C)(C)C)cc(C(C)(C)C)c1[O-])CCCN=Cc1cc(C(C)(C)C)cc(C(C)(C)C)c1[O-].[Zn+2]. The van der Waals surface area contributed by atoms with Crippen molar-refractivity contribution >= 4 is 12.4 Å². The summed E-state index contributed by atoms with van der Waals surface area (Å²) in [6.45, 7) is 28.8. The molecule has 0 unspecified atom stereocenters. The molecule has 43 heavy (non-hydrogen) atoms. The Balaban J connectivity index is 0.00000924. The molecule has 0 aliphatic carbocycles. The Morgan fingerprint density at radius 2 is 0.907 bits per heavy atom. The zero-order valence-electron chi connectivity index (χ0n) is 29.6. The van der Waals surface area contributed by atoms with E-state index >= 15 is 0 Å². The fourth-order valence-electron chi connectivity index (χ4n) is 4.78. The summed E-state index contributed by atoms with van der Waals surface area (Å²) in [5.41, 5.74) is 4.90. The zero-order chi connectivity index (χ0) is 32.1.